The topological polar surface area (TPSA) is 68.1 Å². The third-order valence-electron chi connectivity index (χ3n) is 3.09. The van der Waals surface area contributed by atoms with Gasteiger partial charge in [0.1, 0.15) is 6.33 Å². The van der Waals surface area contributed by atoms with Gasteiger partial charge in [0.25, 0.3) is 11.8 Å². The van der Waals surface area contributed by atoms with Gasteiger partial charge in [0.2, 0.25) is 0 Å². The van der Waals surface area contributed by atoms with E-state index in [-0.39, 0.29) is 17.7 Å². The molecule has 6 nitrogen and oxygen atoms in total. The van der Waals surface area contributed by atoms with Gasteiger partial charge < -0.3 is 0 Å². The highest BCUT2D eigenvalue weighted by molar-refractivity contribution is 6.21. The molecule has 0 bridgehead atoms. The fraction of sp³-hybridized carbons (Fsp3) is 0.167. The summed E-state index contributed by atoms with van der Waals surface area (Å²) in [6.45, 7) is 0. The van der Waals surface area contributed by atoms with Gasteiger partial charge in [0.15, 0.2) is 5.82 Å². The molecule has 0 N–H and O–H groups in total. The van der Waals surface area contributed by atoms with Crippen LogP contribution in [0.2, 0.25) is 0 Å². The van der Waals surface area contributed by atoms with Gasteiger partial charge in [0, 0.05) is 12.7 Å². The van der Waals surface area contributed by atoms with Crippen LogP contribution in [0.25, 0.3) is 5.69 Å². The van der Waals surface area contributed by atoms with E-state index < -0.39 is 0 Å². The van der Waals surface area contributed by atoms with E-state index in [2.05, 4.69) is 10.2 Å². The monoisotopic (exact) mass is 276 g/mol. The number of benzene rings is 1. The van der Waals surface area contributed by atoms with E-state index in [0.717, 1.165) is 4.90 Å². The molecule has 2 amide bonds. The standard InChI is InChI=1S/C12H9ClN4O2/c1-16-11(18)8-3-2-7(4-9(8)12(16)19)17-6-14-15-10(17)5-13/h2-4,6H,5H2,1H3. The van der Waals surface area contributed by atoms with Crippen LogP contribution in [0.5, 0.6) is 0 Å². The molecule has 1 aromatic heterocycles. The summed E-state index contributed by atoms with van der Waals surface area (Å²) in [6.07, 6.45) is 1.52. The van der Waals surface area contributed by atoms with Crippen molar-refractivity contribution in [2.75, 3.05) is 7.05 Å². The smallest absolute Gasteiger partial charge is 0.261 e. The molecule has 0 saturated heterocycles. The first-order chi connectivity index (χ1) is 9.13. The quantitative estimate of drug-likeness (QED) is 0.611. The number of halogens is 1. The Labute approximate surface area is 113 Å². The number of nitrogens with zero attached hydrogens (tertiary/aromatic N) is 4. The Morgan fingerprint density at radius 1 is 1.21 bits per heavy atom. The summed E-state index contributed by atoms with van der Waals surface area (Å²) >= 11 is 5.76. The van der Waals surface area contributed by atoms with Crippen LogP contribution in [0.15, 0.2) is 24.5 Å². The summed E-state index contributed by atoms with van der Waals surface area (Å²) in [4.78, 5) is 24.8. The number of rotatable bonds is 2. The predicted molar refractivity (Wildman–Crippen MR) is 67.3 cm³/mol. The molecule has 7 heteroatoms. The van der Waals surface area contributed by atoms with Gasteiger partial charge in [-0.3, -0.25) is 19.1 Å². The van der Waals surface area contributed by atoms with Crippen LogP contribution in [0.1, 0.15) is 26.5 Å². The Bertz CT molecular complexity index is 695. The molecule has 3 rings (SSSR count). The second-order valence-electron chi connectivity index (χ2n) is 4.15. The first-order valence-electron chi connectivity index (χ1n) is 5.55. The van der Waals surface area contributed by atoms with Crippen LogP contribution in [0, 0.1) is 0 Å². The third-order valence-corrected chi connectivity index (χ3v) is 3.33. The van der Waals surface area contributed by atoms with Crippen molar-refractivity contribution in [2.45, 2.75) is 5.88 Å². The third kappa shape index (κ3) is 1.64. The molecule has 0 unspecified atom stereocenters. The van der Waals surface area contributed by atoms with Crippen molar-refractivity contribution in [3.8, 4) is 5.69 Å². The number of amides is 2. The SMILES string of the molecule is CN1C(=O)c2ccc(-n3cnnc3CCl)cc2C1=O. The van der Waals surface area contributed by atoms with Crippen molar-refractivity contribution in [1.29, 1.82) is 0 Å². The molecule has 0 aliphatic carbocycles. The summed E-state index contributed by atoms with van der Waals surface area (Å²) in [6, 6.07) is 5.02. The van der Waals surface area contributed by atoms with Gasteiger partial charge in [-0.2, -0.15) is 0 Å². The zero-order chi connectivity index (χ0) is 13.6. The number of alkyl halides is 1. The molecule has 96 valence electrons. The average Bonchev–Trinajstić information content (AvgIpc) is 2.99. The lowest BCUT2D eigenvalue weighted by molar-refractivity contribution is 0.0693. The van der Waals surface area contributed by atoms with Crippen molar-refractivity contribution in [3.63, 3.8) is 0 Å². The Kier molecular flexibility index (Phi) is 2.60. The van der Waals surface area contributed by atoms with E-state index in [0.29, 0.717) is 22.6 Å². The Balaban J connectivity index is 2.14. The lowest BCUT2D eigenvalue weighted by atomic mass is 10.1. The number of aromatic nitrogens is 3. The molecule has 19 heavy (non-hydrogen) atoms. The van der Waals surface area contributed by atoms with Crippen LogP contribution >= 0.6 is 11.6 Å². The molecular weight excluding hydrogens is 268 g/mol. The molecule has 0 saturated carbocycles. The number of imide groups is 1. The van der Waals surface area contributed by atoms with Gasteiger partial charge >= 0.3 is 0 Å². The maximum absolute atomic E-state index is 11.9. The normalized spacial score (nSPS) is 14.1. The van der Waals surface area contributed by atoms with Crippen LogP contribution in [0.4, 0.5) is 0 Å². The molecule has 2 heterocycles. The average molecular weight is 277 g/mol. The van der Waals surface area contributed by atoms with Crippen LogP contribution in [-0.2, 0) is 5.88 Å². The first kappa shape index (κ1) is 11.9. The van der Waals surface area contributed by atoms with Gasteiger partial charge in [-0.15, -0.1) is 21.8 Å². The lowest BCUT2D eigenvalue weighted by Gasteiger charge is -2.05. The second kappa shape index (κ2) is 4.17. The second-order valence-corrected chi connectivity index (χ2v) is 4.42. The number of hydrogen-bond acceptors (Lipinski definition) is 4. The van der Waals surface area contributed by atoms with Crippen molar-refractivity contribution < 1.29 is 9.59 Å². The van der Waals surface area contributed by atoms with Crippen LogP contribution in [-0.4, -0.2) is 38.5 Å². The molecule has 0 fully saturated rings. The lowest BCUT2D eigenvalue weighted by Crippen LogP contribution is -2.24. The summed E-state index contributed by atoms with van der Waals surface area (Å²) in [5.41, 5.74) is 1.51. The molecule has 0 radical (unpaired) electrons. The Morgan fingerprint density at radius 3 is 2.68 bits per heavy atom. The van der Waals surface area contributed by atoms with Gasteiger partial charge in [-0.1, -0.05) is 0 Å². The number of fused-ring (bicyclic) bond motifs is 1. The Morgan fingerprint density at radius 2 is 1.95 bits per heavy atom. The molecule has 1 aliphatic heterocycles. The molecular formula is C12H9ClN4O2. The number of carbonyl (C=O) groups excluding carboxylic acids is 2. The molecule has 0 atom stereocenters. The van der Waals surface area contributed by atoms with E-state index in [1.54, 1.807) is 22.8 Å². The van der Waals surface area contributed by atoms with E-state index in [9.17, 15) is 9.59 Å². The predicted octanol–water partition coefficient (Wildman–Crippen LogP) is 1.23. The summed E-state index contributed by atoms with van der Waals surface area (Å²) in [5, 5.41) is 7.65. The summed E-state index contributed by atoms with van der Waals surface area (Å²) < 4.78 is 1.68. The number of hydrogen-bond donors (Lipinski definition) is 0. The molecule has 2 aromatic rings. The summed E-state index contributed by atoms with van der Waals surface area (Å²) in [7, 11) is 1.47. The molecule has 1 aromatic carbocycles. The van der Waals surface area contributed by atoms with E-state index in [1.165, 1.54) is 13.4 Å². The maximum Gasteiger partial charge on any atom is 0.261 e. The zero-order valence-electron chi connectivity index (χ0n) is 10.00. The maximum atomic E-state index is 11.9. The van der Waals surface area contributed by atoms with Gasteiger partial charge in [-0.25, -0.2) is 0 Å². The van der Waals surface area contributed by atoms with Crippen molar-refractivity contribution in [3.05, 3.63) is 41.5 Å². The van der Waals surface area contributed by atoms with Gasteiger partial charge in [0.05, 0.1) is 17.0 Å². The fourth-order valence-corrected chi connectivity index (χ4v) is 2.25. The van der Waals surface area contributed by atoms with E-state index >= 15 is 0 Å². The van der Waals surface area contributed by atoms with E-state index in [4.69, 9.17) is 11.6 Å². The molecule has 0 spiro atoms. The van der Waals surface area contributed by atoms with Crippen molar-refractivity contribution in [2.24, 2.45) is 0 Å². The Hall–Kier alpha value is -2.21. The van der Waals surface area contributed by atoms with Crippen molar-refractivity contribution in [1.82, 2.24) is 19.7 Å². The van der Waals surface area contributed by atoms with Crippen molar-refractivity contribution >= 4 is 23.4 Å². The largest absolute Gasteiger partial charge is 0.285 e. The number of carbonyl (C=O) groups is 2. The highest BCUT2D eigenvalue weighted by Gasteiger charge is 2.32. The zero-order valence-corrected chi connectivity index (χ0v) is 10.8. The minimum absolute atomic E-state index is 0.212. The van der Waals surface area contributed by atoms with E-state index in [1.807, 2.05) is 0 Å². The highest BCUT2D eigenvalue weighted by atomic mass is 35.5. The van der Waals surface area contributed by atoms with Crippen LogP contribution in [0.3, 0.4) is 0 Å². The minimum Gasteiger partial charge on any atom is -0.285 e. The minimum atomic E-state index is -0.303. The summed E-state index contributed by atoms with van der Waals surface area (Å²) in [5.74, 6) is 0.200. The van der Waals surface area contributed by atoms with Gasteiger partial charge in [-0.05, 0) is 18.2 Å². The first-order valence-corrected chi connectivity index (χ1v) is 6.08. The highest BCUT2D eigenvalue weighted by Crippen LogP contribution is 2.24. The molecule has 1 aliphatic rings. The fourth-order valence-electron chi connectivity index (χ4n) is 2.06. The van der Waals surface area contributed by atoms with Crippen LogP contribution < -0.4 is 0 Å².